The van der Waals surface area contributed by atoms with Gasteiger partial charge in [0.1, 0.15) is 6.10 Å². The van der Waals surface area contributed by atoms with E-state index in [9.17, 15) is 9.59 Å². The quantitative estimate of drug-likeness (QED) is 0.497. The van der Waals surface area contributed by atoms with Gasteiger partial charge in [-0.1, -0.05) is 6.08 Å². The van der Waals surface area contributed by atoms with E-state index in [0.29, 0.717) is 6.42 Å². The van der Waals surface area contributed by atoms with Gasteiger partial charge in [-0.15, -0.1) is 0 Å². The second-order valence-corrected chi connectivity index (χ2v) is 3.08. The number of nitrogens with one attached hydrogen (secondary N) is 1. The highest BCUT2D eigenvalue weighted by atomic mass is 16.5. The van der Waals surface area contributed by atoms with E-state index >= 15 is 0 Å². The summed E-state index contributed by atoms with van der Waals surface area (Å²) in [6.07, 6.45) is 4.09. The van der Waals surface area contributed by atoms with E-state index in [-0.39, 0.29) is 24.0 Å². The lowest BCUT2D eigenvalue weighted by atomic mass is 10.2. The van der Waals surface area contributed by atoms with Crippen LogP contribution in [0.25, 0.3) is 0 Å². The molecule has 2 atom stereocenters. The molecule has 1 N–H and O–H groups in total. The summed E-state index contributed by atoms with van der Waals surface area (Å²) in [6.45, 7) is 2.84. The van der Waals surface area contributed by atoms with Crippen molar-refractivity contribution in [2.75, 3.05) is 0 Å². The highest BCUT2D eigenvalue weighted by molar-refractivity contribution is 5.73. The zero-order valence-electron chi connectivity index (χ0n) is 7.74. The molecule has 13 heavy (non-hydrogen) atoms. The summed E-state index contributed by atoms with van der Waals surface area (Å²) in [6, 6.07) is 0.00171. The fourth-order valence-electron chi connectivity index (χ4n) is 1.33. The smallest absolute Gasteiger partial charge is 0.303 e. The Kier molecular flexibility index (Phi) is 3.06. The highest BCUT2D eigenvalue weighted by Crippen LogP contribution is 2.14. The van der Waals surface area contributed by atoms with Crippen molar-refractivity contribution in [2.45, 2.75) is 32.4 Å². The predicted molar refractivity (Wildman–Crippen MR) is 46.9 cm³/mol. The third kappa shape index (κ3) is 3.27. The number of ether oxygens (including phenoxy) is 1. The molecular weight excluding hydrogens is 170 g/mol. The molecule has 0 fully saturated rings. The van der Waals surface area contributed by atoms with Crippen LogP contribution in [-0.2, 0) is 14.3 Å². The van der Waals surface area contributed by atoms with Crippen molar-refractivity contribution in [2.24, 2.45) is 0 Å². The Hall–Kier alpha value is -1.32. The maximum absolute atomic E-state index is 10.7. The molecule has 4 nitrogen and oxygen atoms in total. The van der Waals surface area contributed by atoms with Crippen LogP contribution in [0.3, 0.4) is 0 Å². The van der Waals surface area contributed by atoms with Crippen LogP contribution in [0.2, 0.25) is 0 Å². The first-order chi connectivity index (χ1) is 6.08. The van der Waals surface area contributed by atoms with Crippen molar-refractivity contribution in [3.05, 3.63) is 12.2 Å². The molecule has 72 valence electrons. The molecule has 0 bridgehead atoms. The van der Waals surface area contributed by atoms with Gasteiger partial charge in [0, 0.05) is 20.3 Å². The monoisotopic (exact) mass is 183 g/mol. The van der Waals surface area contributed by atoms with Crippen molar-refractivity contribution >= 4 is 11.9 Å². The van der Waals surface area contributed by atoms with Crippen molar-refractivity contribution in [1.82, 2.24) is 5.32 Å². The minimum absolute atomic E-state index is 0.00171. The summed E-state index contributed by atoms with van der Waals surface area (Å²) >= 11 is 0. The molecule has 1 amide bonds. The summed E-state index contributed by atoms with van der Waals surface area (Å²) in [7, 11) is 0. The third-order valence-corrected chi connectivity index (χ3v) is 1.75. The average Bonchev–Trinajstić information content (AvgIpc) is 2.33. The van der Waals surface area contributed by atoms with Gasteiger partial charge < -0.3 is 10.1 Å². The first-order valence-electron chi connectivity index (χ1n) is 4.20. The predicted octanol–water partition coefficient (Wildman–Crippen LogP) is 0.383. The molecular formula is C9H13NO3. The van der Waals surface area contributed by atoms with Gasteiger partial charge in [-0.05, 0) is 6.08 Å². The summed E-state index contributed by atoms with van der Waals surface area (Å²) in [5.74, 6) is -0.365. The minimum atomic E-state index is -0.293. The fourth-order valence-corrected chi connectivity index (χ4v) is 1.33. The van der Waals surface area contributed by atoms with E-state index in [4.69, 9.17) is 4.74 Å². The lowest BCUT2D eigenvalue weighted by Gasteiger charge is -2.12. The van der Waals surface area contributed by atoms with Gasteiger partial charge in [0.2, 0.25) is 5.91 Å². The molecule has 1 aliphatic carbocycles. The lowest BCUT2D eigenvalue weighted by Crippen LogP contribution is -2.31. The Bertz CT molecular complexity index is 223. The SMILES string of the molecule is CC(=O)N[C@H]1C=C[C@@H](OC(C)=O)C1. The van der Waals surface area contributed by atoms with Crippen LogP contribution in [0.15, 0.2) is 12.2 Å². The number of hydrogen-bond acceptors (Lipinski definition) is 3. The molecule has 0 unspecified atom stereocenters. The van der Waals surface area contributed by atoms with Gasteiger partial charge in [-0.25, -0.2) is 0 Å². The van der Waals surface area contributed by atoms with Crippen LogP contribution < -0.4 is 5.32 Å². The maximum atomic E-state index is 10.7. The highest BCUT2D eigenvalue weighted by Gasteiger charge is 2.21. The first-order valence-corrected chi connectivity index (χ1v) is 4.20. The van der Waals surface area contributed by atoms with Gasteiger partial charge in [0.15, 0.2) is 0 Å². The Balaban J connectivity index is 2.33. The lowest BCUT2D eigenvalue weighted by molar-refractivity contribution is -0.144. The van der Waals surface area contributed by atoms with Gasteiger partial charge in [0.25, 0.3) is 0 Å². The maximum Gasteiger partial charge on any atom is 0.303 e. The third-order valence-electron chi connectivity index (χ3n) is 1.75. The van der Waals surface area contributed by atoms with Crippen LogP contribution in [-0.4, -0.2) is 24.0 Å². The molecule has 0 aliphatic heterocycles. The van der Waals surface area contributed by atoms with Gasteiger partial charge in [0.05, 0.1) is 6.04 Å². The van der Waals surface area contributed by atoms with E-state index in [2.05, 4.69) is 5.32 Å². The number of esters is 1. The molecule has 0 aromatic carbocycles. The normalized spacial score (nSPS) is 25.7. The standard InChI is InChI=1S/C9H13NO3/c1-6(11)10-8-3-4-9(5-8)13-7(2)12/h3-4,8-9H,5H2,1-2H3,(H,10,11)/t8-,9+/m0/s1. The van der Waals surface area contributed by atoms with Crippen molar-refractivity contribution in [3.63, 3.8) is 0 Å². The Morgan fingerprint density at radius 3 is 2.62 bits per heavy atom. The van der Waals surface area contributed by atoms with Crippen LogP contribution in [0.1, 0.15) is 20.3 Å². The Morgan fingerprint density at radius 1 is 1.38 bits per heavy atom. The van der Waals surface area contributed by atoms with E-state index < -0.39 is 0 Å². The number of carbonyl (C=O) groups is 2. The zero-order chi connectivity index (χ0) is 9.84. The first kappa shape index (κ1) is 9.77. The minimum Gasteiger partial charge on any atom is -0.458 e. The van der Waals surface area contributed by atoms with E-state index in [1.54, 1.807) is 6.08 Å². The van der Waals surface area contributed by atoms with Crippen LogP contribution >= 0.6 is 0 Å². The molecule has 0 saturated carbocycles. The van der Waals surface area contributed by atoms with Gasteiger partial charge in [-0.3, -0.25) is 9.59 Å². The second-order valence-electron chi connectivity index (χ2n) is 3.08. The Morgan fingerprint density at radius 2 is 2.08 bits per heavy atom. The summed E-state index contributed by atoms with van der Waals surface area (Å²) in [5, 5.41) is 2.73. The molecule has 1 aliphatic rings. The molecule has 0 saturated heterocycles. The van der Waals surface area contributed by atoms with Crippen LogP contribution in [0.4, 0.5) is 0 Å². The molecule has 0 spiro atoms. The molecule has 0 radical (unpaired) electrons. The average molecular weight is 183 g/mol. The van der Waals surface area contributed by atoms with Gasteiger partial charge in [-0.2, -0.15) is 0 Å². The number of hydrogen-bond donors (Lipinski definition) is 1. The fraction of sp³-hybridized carbons (Fsp3) is 0.556. The van der Waals surface area contributed by atoms with E-state index in [1.807, 2.05) is 6.08 Å². The van der Waals surface area contributed by atoms with Crippen LogP contribution in [0.5, 0.6) is 0 Å². The number of amides is 1. The second kappa shape index (κ2) is 4.07. The number of rotatable bonds is 2. The molecule has 0 heterocycles. The van der Waals surface area contributed by atoms with E-state index in [0.717, 1.165) is 0 Å². The van der Waals surface area contributed by atoms with Crippen LogP contribution in [0, 0.1) is 0 Å². The zero-order valence-corrected chi connectivity index (χ0v) is 7.74. The summed E-state index contributed by atoms with van der Waals surface area (Å²) in [5.41, 5.74) is 0. The van der Waals surface area contributed by atoms with Crippen molar-refractivity contribution in [1.29, 1.82) is 0 Å². The molecule has 4 heteroatoms. The van der Waals surface area contributed by atoms with E-state index in [1.165, 1.54) is 13.8 Å². The Labute approximate surface area is 76.9 Å². The van der Waals surface area contributed by atoms with Gasteiger partial charge >= 0.3 is 5.97 Å². The molecule has 1 rings (SSSR count). The number of carbonyl (C=O) groups excluding carboxylic acids is 2. The molecule has 0 aromatic rings. The topological polar surface area (TPSA) is 55.4 Å². The van der Waals surface area contributed by atoms with Crippen molar-refractivity contribution < 1.29 is 14.3 Å². The summed E-state index contributed by atoms with van der Waals surface area (Å²) < 4.78 is 4.95. The summed E-state index contributed by atoms with van der Waals surface area (Å²) in [4.78, 5) is 21.3. The molecule has 0 aromatic heterocycles. The van der Waals surface area contributed by atoms with Crippen molar-refractivity contribution in [3.8, 4) is 0 Å². The largest absolute Gasteiger partial charge is 0.458 e.